The number of carbonyl (C=O) groups excluding carboxylic acids is 1. The average molecular weight is 303 g/mol. The molecule has 1 saturated carbocycles. The molecule has 6 heteroatoms. The highest BCUT2D eigenvalue weighted by atomic mass is 32.2. The normalized spacial score (nSPS) is 14.1. The Kier molecular flexibility index (Phi) is 4.24. The lowest BCUT2D eigenvalue weighted by molar-refractivity contribution is -0.137. The third-order valence-corrected chi connectivity index (χ3v) is 4.36. The van der Waals surface area contributed by atoms with E-state index in [0.29, 0.717) is 5.92 Å². The van der Waals surface area contributed by atoms with E-state index in [9.17, 15) is 4.79 Å². The van der Waals surface area contributed by atoms with Crippen LogP contribution in [0.15, 0.2) is 35.5 Å². The lowest BCUT2D eigenvalue weighted by Gasteiger charge is -2.09. The van der Waals surface area contributed by atoms with E-state index in [1.54, 1.807) is 0 Å². The molecule has 0 spiro atoms. The molecule has 0 atom stereocenters. The van der Waals surface area contributed by atoms with Crippen LogP contribution in [0, 0.1) is 0 Å². The van der Waals surface area contributed by atoms with Crippen LogP contribution in [0.25, 0.3) is 0 Å². The van der Waals surface area contributed by atoms with Crippen molar-refractivity contribution < 1.29 is 9.53 Å². The van der Waals surface area contributed by atoms with E-state index in [0.717, 1.165) is 17.5 Å². The van der Waals surface area contributed by atoms with Crippen molar-refractivity contribution in [3.05, 3.63) is 41.7 Å². The minimum atomic E-state index is -0.248. The van der Waals surface area contributed by atoms with E-state index in [-0.39, 0.29) is 11.7 Å². The van der Waals surface area contributed by atoms with Gasteiger partial charge in [-0.3, -0.25) is 4.79 Å². The lowest BCUT2D eigenvalue weighted by atomic mass is 10.2. The summed E-state index contributed by atoms with van der Waals surface area (Å²) in [5, 5.41) is 9.35. The second-order valence-corrected chi connectivity index (χ2v) is 5.99. The molecule has 2 aromatic rings. The van der Waals surface area contributed by atoms with Crippen LogP contribution in [0.3, 0.4) is 0 Å². The largest absolute Gasteiger partial charge is 0.468 e. The van der Waals surface area contributed by atoms with Crippen molar-refractivity contribution in [3.8, 4) is 0 Å². The van der Waals surface area contributed by atoms with Gasteiger partial charge in [-0.15, -0.1) is 10.2 Å². The molecule has 1 aromatic heterocycles. The van der Waals surface area contributed by atoms with Crippen LogP contribution >= 0.6 is 11.8 Å². The van der Waals surface area contributed by atoms with Gasteiger partial charge in [0.25, 0.3) is 0 Å². The molecule has 0 radical (unpaired) electrons. The molecule has 0 N–H and O–H groups in total. The SMILES string of the molecule is COC(=O)CSc1nnc(C2CC2)n1Cc1ccccc1. The standard InChI is InChI=1S/C15H17N3O2S/c1-20-13(19)10-21-15-17-16-14(12-7-8-12)18(15)9-11-5-3-2-4-6-11/h2-6,12H,7-10H2,1H3. The number of ether oxygens (including phenoxy) is 1. The maximum atomic E-state index is 11.3. The molecule has 21 heavy (non-hydrogen) atoms. The Morgan fingerprint density at radius 3 is 2.76 bits per heavy atom. The summed E-state index contributed by atoms with van der Waals surface area (Å²) in [6.45, 7) is 0.739. The van der Waals surface area contributed by atoms with E-state index in [4.69, 9.17) is 0 Å². The molecular weight excluding hydrogens is 286 g/mol. The molecule has 110 valence electrons. The molecule has 0 bridgehead atoms. The van der Waals surface area contributed by atoms with Crippen molar-refractivity contribution in [3.63, 3.8) is 0 Å². The monoisotopic (exact) mass is 303 g/mol. The summed E-state index contributed by atoms with van der Waals surface area (Å²) in [5.41, 5.74) is 1.21. The summed E-state index contributed by atoms with van der Waals surface area (Å²) in [6.07, 6.45) is 2.35. The molecule has 1 heterocycles. The van der Waals surface area contributed by atoms with Crippen LogP contribution in [0.5, 0.6) is 0 Å². The number of hydrogen-bond donors (Lipinski definition) is 0. The van der Waals surface area contributed by atoms with Gasteiger partial charge in [0.15, 0.2) is 5.16 Å². The lowest BCUT2D eigenvalue weighted by Crippen LogP contribution is -2.08. The van der Waals surface area contributed by atoms with E-state index >= 15 is 0 Å². The molecule has 0 aliphatic heterocycles. The molecule has 0 amide bonds. The van der Waals surface area contributed by atoms with Crippen molar-refractivity contribution in [1.82, 2.24) is 14.8 Å². The highest BCUT2D eigenvalue weighted by Gasteiger charge is 2.30. The summed E-state index contributed by atoms with van der Waals surface area (Å²) in [5.74, 6) is 1.57. The van der Waals surface area contributed by atoms with Gasteiger partial charge >= 0.3 is 5.97 Å². The number of thioether (sulfide) groups is 1. The molecule has 0 unspecified atom stereocenters. The highest BCUT2D eigenvalue weighted by molar-refractivity contribution is 7.99. The number of rotatable bonds is 6. The molecule has 5 nitrogen and oxygen atoms in total. The molecule has 1 aliphatic rings. The van der Waals surface area contributed by atoms with Crippen molar-refractivity contribution in [2.24, 2.45) is 0 Å². The zero-order valence-electron chi connectivity index (χ0n) is 11.9. The van der Waals surface area contributed by atoms with Gasteiger partial charge in [-0.2, -0.15) is 0 Å². The first-order valence-electron chi connectivity index (χ1n) is 6.94. The van der Waals surface area contributed by atoms with Crippen molar-refractivity contribution in [2.45, 2.75) is 30.5 Å². The van der Waals surface area contributed by atoms with Gasteiger partial charge in [-0.25, -0.2) is 0 Å². The van der Waals surface area contributed by atoms with Gasteiger partial charge < -0.3 is 9.30 Å². The molecule has 1 fully saturated rings. The molecule has 3 rings (SSSR count). The van der Waals surface area contributed by atoms with Gasteiger partial charge in [0.1, 0.15) is 5.82 Å². The fourth-order valence-corrected chi connectivity index (χ4v) is 2.92. The molecular formula is C15H17N3O2S. The van der Waals surface area contributed by atoms with Crippen LogP contribution in [0.1, 0.15) is 30.1 Å². The predicted molar refractivity (Wildman–Crippen MR) is 80.3 cm³/mol. The number of esters is 1. The highest BCUT2D eigenvalue weighted by Crippen LogP contribution is 2.40. The van der Waals surface area contributed by atoms with E-state index in [2.05, 4.69) is 31.6 Å². The van der Waals surface area contributed by atoms with E-state index in [1.165, 1.54) is 37.3 Å². The topological polar surface area (TPSA) is 57.0 Å². The summed E-state index contributed by atoms with van der Waals surface area (Å²) in [6, 6.07) is 10.2. The van der Waals surface area contributed by atoms with Gasteiger partial charge in [0, 0.05) is 5.92 Å². The fourth-order valence-electron chi connectivity index (χ4n) is 2.15. The minimum absolute atomic E-state index is 0.248. The summed E-state index contributed by atoms with van der Waals surface area (Å²) >= 11 is 1.38. The summed E-state index contributed by atoms with van der Waals surface area (Å²) < 4.78 is 6.81. The van der Waals surface area contributed by atoms with Crippen LogP contribution in [0.2, 0.25) is 0 Å². The maximum absolute atomic E-state index is 11.3. The second kappa shape index (κ2) is 6.30. The molecule has 0 saturated heterocycles. The number of carbonyl (C=O) groups is 1. The first-order valence-corrected chi connectivity index (χ1v) is 7.93. The number of aromatic nitrogens is 3. The van der Waals surface area contributed by atoms with Crippen molar-refractivity contribution >= 4 is 17.7 Å². The van der Waals surface area contributed by atoms with Crippen LogP contribution in [0.4, 0.5) is 0 Å². The van der Waals surface area contributed by atoms with Gasteiger partial charge in [-0.1, -0.05) is 42.1 Å². The number of methoxy groups -OCH3 is 1. The first kappa shape index (κ1) is 14.1. The number of nitrogens with zero attached hydrogens (tertiary/aromatic N) is 3. The smallest absolute Gasteiger partial charge is 0.316 e. The van der Waals surface area contributed by atoms with E-state index in [1.807, 2.05) is 18.2 Å². The zero-order chi connectivity index (χ0) is 14.7. The van der Waals surface area contributed by atoms with Crippen LogP contribution < -0.4 is 0 Å². The Labute approximate surface area is 127 Å². The van der Waals surface area contributed by atoms with Crippen LogP contribution in [-0.2, 0) is 16.1 Å². The average Bonchev–Trinajstić information content (AvgIpc) is 3.29. The van der Waals surface area contributed by atoms with E-state index < -0.39 is 0 Å². The predicted octanol–water partition coefficient (Wildman–Crippen LogP) is 2.47. The third-order valence-electron chi connectivity index (χ3n) is 3.42. The Morgan fingerprint density at radius 1 is 1.33 bits per heavy atom. The Balaban J connectivity index is 1.81. The second-order valence-electron chi connectivity index (χ2n) is 5.05. The zero-order valence-corrected chi connectivity index (χ0v) is 12.7. The minimum Gasteiger partial charge on any atom is -0.468 e. The number of hydrogen-bond acceptors (Lipinski definition) is 5. The summed E-state index contributed by atoms with van der Waals surface area (Å²) in [7, 11) is 1.40. The Bertz CT molecular complexity index is 623. The molecule has 1 aliphatic carbocycles. The molecule has 1 aromatic carbocycles. The Hall–Kier alpha value is -1.82. The Morgan fingerprint density at radius 2 is 2.10 bits per heavy atom. The first-order chi connectivity index (χ1) is 10.3. The maximum Gasteiger partial charge on any atom is 0.316 e. The third kappa shape index (κ3) is 3.44. The van der Waals surface area contributed by atoms with Crippen LogP contribution in [-0.4, -0.2) is 33.6 Å². The van der Waals surface area contributed by atoms with Gasteiger partial charge in [0.2, 0.25) is 0 Å². The quantitative estimate of drug-likeness (QED) is 0.606. The van der Waals surface area contributed by atoms with Crippen molar-refractivity contribution in [2.75, 3.05) is 12.9 Å². The van der Waals surface area contributed by atoms with Gasteiger partial charge in [-0.05, 0) is 18.4 Å². The summed E-state index contributed by atoms with van der Waals surface area (Å²) in [4.78, 5) is 11.3. The fraction of sp³-hybridized carbons (Fsp3) is 0.400. The number of benzene rings is 1. The van der Waals surface area contributed by atoms with Gasteiger partial charge in [0.05, 0.1) is 19.4 Å². The van der Waals surface area contributed by atoms with Crippen molar-refractivity contribution in [1.29, 1.82) is 0 Å².